The summed E-state index contributed by atoms with van der Waals surface area (Å²) in [6.07, 6.45) is 6.38. The molecule has 0 bridgehead atoms. The van der Waals surface area contributed by atoms with Crippen LogP contribution in [0.5, 0.6) is 0 Å². The molecule has 116 valence electrons. The lowest BCUT2D eigenvalue weighted by Gasteiger charge is -2.22. The van der Waals surface area contributed by atoms with Gasteiger partial charge >= 0.3 is 0 Å². The maximum atomic E-state index is 12.5. The van der Waals surface area contributed by atoms with E-state index in [1.807, 2.05) is 42.5 Å². The summed E-state index contributed by atoms with van der Waals surface area (Å²) in [5, 5.41) is 0. The molecule has 1 aliphatic carbocycles. The average molecular weight is 314 g/mol. The number of benzene rings is 2. The van der Waals surface area contributed by atoms with E-state index in [9.17, 15) is 8.42 Å². The van der Waals surface area contributed by atoms with Gasteiger partial charge in [-0.25, -0.2) is 8.42 Å². The molecule has 2 nitrogen and oxygen atoms in total. The first-order chi connectivity index (χ1) is 10.6. The van der Waals surface area contributed by atoms with Crippen LogP contribution in [0, 0.1) is 0 Å². The second-order valence-corrected chi connectivity index (χ2v) is 8.14. The van der Waals surface area contributed by atoms with E-state index in [0.29, 0.717) is 10.8 Å². The molecule has 0 aliphatic heterocycles. The predicted octanol–water partition coefficient (Wildman–Crippen LogP) is 4.71. The van der Waals surface area contributed by atoms with Gasteiger partial charge in [0.05, 0.1) is 10.6 Å². The van der Waals surface area contributed by atoms with Crippen LogP contribution in [0.1, 0.15) is 49.1 Å². The van der Waals surface area contributed by atoms with Crippen molar-refractivity contribution in [2.75, 3.05) is 0 Å². The molecule has 1 aliphatic rings. The van der Waals surface area contributed by atoms with Crippen molar-refractivity contribution in [1.82, 2.24) is 0 Å². The van der Waals surface area contributed by atoms with Crippen LogP contribution in [0.15, 0.2) is 59.5 Å². The first kappa shape index (κ1) is 15.3. The van der Waals surface area contributed by atoms with Crippen molar-refractivity contribution in [2.24, 2.45) is 0 Å². The minimum atomic E-state index is -3.26. The van der Waals surface area contributed by atoms with Gasteiger partial charge in [-0.2, -0.15) is 0 Å². The van der Waals surface area contributed by atoms with Crippen molar-refractivity contribution in [2.45, 2.75) is 48.7 Å². The quantitative estimate of drug-likeness (QED) is 0.819. The topological polar surface area (TPSA) is 34.1 Å². The Kier molecular flexibility index (Phi) is 4.63. The Bertz CT molecular complexity index is 697. The van der Waals surface area contributed by atoms with Crippen LogP contribution in [0.4, 0.5) is 0 Å². The van der Waals surface area contributed by atoms with Gasteiger partial charge in [-0.15, -0.1) is 0 Å². The summed E-state index contributed by atoms with van der Waals surface area (Å²) in [7, 11) is -3.26. The molecular formula is C19H22O2S. The molecular weight excluding hydrogens is 292 g/mol. The summed E-state index contributed by atoms with van der Waals surface area (Å²) in [4.78, 5) is 0.427. The van der Waals surface area contributed by atoms with Crippen molar-refractivity contribution < 1.29 is 8.42 Å². The monoisotopic (exact) mass is 314 g/mol. The number of hydrogen-bond donors (Lipinski definition) is 0. The summed E-state index contributed by atoms with van der Waals surface area (Å²) in [6.45, 7) is 0. The van der Waals surface area contributed by atoms with Crippen molar-refractivity contribution >= 4 is 9.84 Å². The van der Waals surface area contributed by atoms with E-state index in [0.717, 1.165) is 5.56 Å². The van der Waals surface area contributed by atoms with Crippen LogP contribution in [-0.2, 0) is 15.6 Å². The third kappa shape index (κ3) is 3.58. The Labute approximate surface area is 133 Å². The van der Waals surface area contributed by atoms with Crippen LogP contribution in [0.25, 0.3) is 0 Å². The fourth-order valence-electron chi connectivity index (χ4n) is 3.26. The summed E-state index contributed by atoms with van der Waals surface area (Å²) in [5.41, 5.74) is 2.12. The summed E-state index contributed by atoms with van der Waals surface area (Å²) < 4.78 is 25.0. The highest BCUT2D eigenvalue weighted by Crippen LogP contribution is 2.33. The first-order valence-electron chi connectivity index (χ1n) is 8.02. The molecule has 0 atom stereocenters. The van der Waals surface area contributed by atoms with Crippen molar-refractivity contribution in [3.05, 3.63) is 65.7 Å². The molecule has 3 rings (SSSR count). The molecule has 22 heavy (non-hydrogen) atoms. The zero-order chi connectivity index (χ0) is 15.4. The molecule has 1 fully saturated rings. The van der Waals surface area contributed by atoms with Gasteiger partial charge in [0.25, 0.3) is 0 Å². The van der Waals surface area contributed by atoms with Crippen LogP contribution < -0.4 is 0 Å². The third-order valence-electron chi connectivity index (χ3n) is 4.52. The van der Waals surface area contributed by atoms with Crippen molar-refractivity contribution in [3.8, 4) is 0 Å². The van der Waals surface area contributed by atoms with E-state index >= 15 is 0 Å². The molecule has 0 spiro atoms. The molecule has 0 N–H and O–H groups in total. The Morgan fingerprint density at radius 3 is 2.09 bits per heavy atom. The number of sulfone groups is 1. The highest BCUT2D eigenvalue weighted by Gasteiger charge is 2.18. The van der Waals surface area contributed by atoms with Gasteiger partial charge in [0, 0.05) is 0 Å². The minimum Gasteiger partial charge on any atom is -0.223 e. The number of hydrogen-bond acceptors (Lipinski definition) is 2. The zero-order valence-corrected chi connectivity index (χ0v) is 13.6. The van der Waals surface area contributed by atoms with E-state index in [2.05, 4.69) is 0 Å². The zero-order valence-electron chi connectivity index (χ0n) is 12.7. The third-order valence-corrected chi connectivity index (χ3v) is 6.22. The Balaban J connectivity index is 1.76. The smallest absolute Gasteiger partial charge is 0.182 e. The van der Waals surface area contributed by atoms with E-state index < -0.39 is 9.84 Å². The molecule has 2 aromatic carbocycles. The SMILES string of the molecule is O=S(=O)(Cc1ccccc1)c1ccc(C2CCCCC2)cc1. The average Bonchev–Trinajstić information content (AvgIpc) is 2.56. The van der Waals surface area contributed by atoms with E-state index in [1.54, 1.807) is 12.1 Å². The lowest BCUT2D eigenvalue weighted by Crippen LogP contribution is -2.07. The molecule has 0 heterocycles. The fourth-order valence-corrected chi connectivity index (χ4v) is 4.61. The second-order valence-electron chi connectivity index (χ2n) is 6.15. The maximum absolute atomic E-state index is 12.5. The normalized spacial score (nSPS) is 16.5. The summed E-state index contributed by atoms with van der Waals surface area (Å²) >= 11 is 0. The van der Waals surface area contributed by atoms with Gasteiger partial charge in [-0.05, 0) is 42.0 Å². The van der Waals surface area contributed by atoms with Crippen molar-refractivity contribution in [1.29, 1.82) is 0 Å². The molecule has 0 radical (unpaired) electrons. The van der Waals surface area contributed by atoms with Gasteiger partial charge in [-0.1, -0.05) is 61.7 Å². The number of rotatable bonds is 4. The standard InChI is InChI=1S/C19H22O2S/c20-22(21,15-16-7-3-1-4-8-16)19-13-11-18(12-14-19)17-9-5-2-6-10-17/h1,3-4,7-8,11-14,17H,2,5-6,9-10,15H2. The minimum absolute atomic E-state index is 0.0661. The molecule has 2 aromatic rings. The Morgan fingerprint density at radius 1 is 0.818 bits per heavy atom. The molecule has 0 amide bonds. The van der Waals surface area contributed by atoms with Gasteiger partial charge in [-0.3, -0.25) is 0 Å². The fraction of sp³-hybridized carbons (Fsp3) is 0.368. The summed E-state index contributed by atoms with van der Waals surface area (Å²) in [6, 6.07) is 16.9. The van der Waals surface area contributed by atoms with Gasteiger partial charge < -0.3 is 0 Å². The molecule has 0 aromatic heterocycles. The highest BCUT2D eigenvalue weighted by molar-refractivity contribution is 7.90. The maximum Gasteiger partial charge on any atom is 0.182 e. The van der Waals surface area contributed by atoms with Crippen molar-refractivity contribution in [3.63, 3.8) is 0 Å². The van der Waals surface area contributed by atoms with Crippen LogP contribution in [0.3, 0.4) is 0 Å². The van der Waals surface area contributed by atoms with Gasteiger partial charge in [0.2, 0.25) is 0 Å². The molecule has 0 saturated heterocycles. The molecule has 3 heteroatoms. The van der Waals surface area contributed by atoms with E-state index in [-0.39, 0.29) is 5.75 Å². The molecule has 1 saturated carbocycles. The first-order valence-corrected chi connectivity index (χ1v) is 9.67. The largest absolute Gasteiger partial charge is 0.223 e. The second kappa shape index (κ2) is 6.66. The lowest BCUT2D eigenvalue weighted by atomic mass is 9.84. The van der Waals surface area contributed by atoms with Crippen LogP contribution in [-0.4, -0.2) is 8.42 Å². The van der Waals surface area contributed by atoms with Gasteiger partial charge in [0.1, 0.15) is 0 Å². The summed E-state index contributed by atoms with van der Waals surface area (Å²) in [5.74, 6) is 0.677. The predicted molar refractivity (Wildman–Crippen MR) is 89.6 cm³/mol. The molecule has 0 unspecified atom stereocenters. The van der Waals surface area contributed by atoms with Crippen LogP contribution in [0.2, 0.25) is 0 Å². The Morgan fingerprint density at radius 2 is 1.45 bits per heavy atom. The highest BCUT2D eigenvalue weighted by atomic mass is 32.2. The van der Waals surface area contributed by atoms with Crippen LogP contribution >= 0.6 is 0 Å². The van der Waals surface area contributed by atoms with E-state index in [4.69, 9.17) is 0 Å². The lowest BCUT2D eigenvalue weighted by molar-refractivity contribution is 0.443. The van der Waals surface area contributed by atoms with Gasteiger partial charge in [0.15, 0.2) is 9.84 Å². The van der Waals surface area contributed by atoms with E-state index in [1.165, 1.54) is 37.7 Å². The Hall–Kier alpha value is -1.61.